The third-order valence-electron chi connectivity index (χ3n) is 2.51. The Bertz CT molecular complexity index is 779. The number of hydrogen-bond acceptors (Lipinski definition) is 5. The van der Waals surface area contributed by atoms with Gasteiger partial charge in [-0.15, -0.1) is 0 Å². The molecule has 3 rings (SSSR count). The lowest BCUT2D eigenvalue weighted by molar-refractivity contribution is 0.627. The fraction of sp³-hybridized carbons (Fsp3) is 0. The molecule has 9 heteroatoms. The van der Waals surface area contributed by atoms with Crippen LogP contribution in [0.5, 0.6) is 0 Å². The summed E-state index contributed by atoms with van der Waals surface area (Å²) in [6.07, 6.45) is 4.85. The highest BCUT2D eigenvalue weighted by Gasteiger charge is 2.09. The van der Waals surface area contributed by atoms with Gasteiger partial charge in [-0.1, -0.05) is 0 Å². The Kier molecular flexibility index (Phi) is 3.97. The van der Waals surface area contributed by atoms with Crippen molar-refractivity contribution >= 4 is 45.8 Å². The number of nitrogens with zero attached hydrogens (tertiary/aromatic N) is 5. The topological polar surface area (TPSA) is 68.5 Å². The van der Waals surface area contributed by atoms with Gasteiger partial charge in [0.1, 0.15) is 12.1 Å². The van der Waals surface area contributed by atoms with Crippen molar-refractivity contribution in [1.82, 2.24) is 24.5 Å². The summed E-state index contributed by atoms with van der Waals surface area (Å²) >= 11 is 7.92. The molecule has 0 fully saturated rings. The van der Waals surface area contributed by atoms with Crippen LogP contribution in [0.3, 0.4) is 0 Å². The molecule has 0 aliphatic rings. The number of rotatable bonds is 3. The lowest BCUT2D eigenvalue weighted by atomic mass is 10.3. The molecule has 1 aromatic carbocycles. The Morgan fingerprint density at radius 1 is 1.24 bits per heavy atom. The van der Waals surface area contributed by atoms with E-state index in [0.717, 1.165) is 0 Å². The number of hydrogen-bond donors (Lipinski definition) is 1. The smallest absolute Gasteiger partial charge is 0.241 e. The molecule has 6 nitrogen and oxygen atoms in total. The summed E-state index contributed by atoms with van der Waals surface area (Å²) in [5.74, 6) is 0.299. The van der Waals surface area contributed by atoms with Crippen LogP contribution in [0.2, 0.25) is 5.28 Å². The van der Waals surface area contributed by atoms with E-state index in [-0.39, 0.29) is 17.0 Å². The largest absolute Gasteiger partial charge is 0.323 e. The van der Waals surface area contributed by atoms with Crippen molar-refractivity contribution in [2.75, 3.05) is 5.32 Å². The molecule has 0 saturated heterocycles. The van der Waals surface area contributed by atoms with Gasteiger partial charge in [0.15, 0.2) is 0 Å². The molecule has 0 aliphatic carbocycles. The number of nitrogens with one attached hydrogen (secondary N) is 1. The maximum atomic E-state index is 13.1. The van der Waals surface area contributed by atoms with Gasteiger partial charge >= 0.3 is 0 Å². The summed E-state index contributed by atoms with van der Waals surface area (Å²) in [5.41, 5.74) is 0.677. The Labute approximate surface area is 137 Å². The lowest BCUT2D eigenvalue weighted by Crippen LogP contribution is -2.06. The Morgan fingerprint density at radius 2 is 2.10 bits per heavy atom. The second-order valence-corrected chi connectivity index (χ2v) is 5.45. The molecule has 3 aromatic rings. The maximum absolute atomic E-state index is 13.1. The third kappa shape index (κ3) is 3.27. The molecule has 1 N–H and O–H groups in total. The summed E-state index contributed by atoms with van der Waals surface area (Å²) < 4.78 is 15.4. The van der Waals surface area contributed by atoms with E-state index in [1.54, 1.807) is 29.4 Å². The van der Waals surface area contributed by atoms with Gasteiger partial charge in [-0.05, 0) is 52.4 Å². The molecular formula is C12H7ClFIN6. The Hall–Kier alpha value is -1.81. The minimum absolute atomic E-state index is 0.0494. The van der Waals surface area contributed by atoms with Gasteiger partial charge in [0.25, 0.3) is 0 Å². The zero-order valence-corrected chi connectivity index (χ0v) is 13.2. The van der Waals surface area contributed by atoms with E-state index < -0.39 is 0 Å². The zero-order valence-electron chi connectivity index (χ0n) is 10.3. The Morgan fingerprint density at radius 3 is 2.81 bits per heavy atom. The molecule has 0 amide bonds. The normalized spacial score (nSPS) is 10.6. The monoisotopic (exact) mass is 416 g/mol. The highest BCUT2D eigenvalue weighted by Crippen LogP contribution is 2.22. The summed E-state index contributed by atoms with van der Waals surface area (Å²) in [6, 6.07) is 4.36. The van der Waals surface area contributed by atoms with Gasteiger partial charge in [0, 0.05) is 16.0 Å². The van der Waals surface area contributed by atoms with Crippen LogP contribution in [0.1, 0.15) is 0 Å². The second kappa shape index (κ2) is 5.90. The fourth-order valence-electron chi connectivity index (χ4n) is 1.60. The molecule has 21 heavy (non-hydrogen) atoms. The molecule has 0 atom stereocenters. The van der Waals surface area contributed by atoms with E-state index in [1.807, 2.05) is 22.6 Å². The van der Waals surface area contributed by atoms with Crippen LogP contribution in [-0.2, 0) is 0 Å². The second-order valence-electron chi connectivity index (χ2n) is 3.95. The van der Waals surface area contributed by atoms with Crippen LogP contribution in [0.25, 0.3) is 5.95 Å². The standard InChI is InChI=1S/C12H7ClFIN6/c13-10-18-11(17-9-2-1-7(14)5-8(9)15)20-12(19-10)21-4-3-16-6-21/h1-6H,(H,17,18,19,20). The van der Waals surface area contributed by atoms with Crippen molar-refractivity contribution in [3.63, 3.8) is 0 Å². The molecule has 2 aromatic heterocycles. The zero-order chi connectivity index (χ0) is 14.8. The Balaban J connectivity index is 1.95. The predicted molar refractivity (Wildman–Crippen MR) is 84.4 cm³/mol. The SMILES string of the molecule is Fc1ccc(Nc2nc(Cl)nc(-n3ccnc3)n2)c(I)c1. The molecule has 0 aliphatic heterocycles. The van der Waals surface area contributed by atoms with Crippen LogP contribution < -0.4 is 5.32 Å². The van der Waals surface area contributed by atoms with Crippen molar-refractivity contribution in [2.24, 2.45) is 0 Å². The molecule has 0 radical (unpaired) electrons. The molecule has 0 unspecified atom stereocenters. The fourth-order valence-corrected chi connectivity index (χ4v) is 2.37. The van der Waals surface area contributed by atoms with E-state index in [1.165, 1.54) is 12.1 Å². The minimum atomic E-state index is -0.308. The van der Waals surface area contributed by atoms with Crippen LogP contribution in [-0.4, -0.2) is 24.5 Å². The van der Waals surface area contributed by atoms with E-state index in [0.29, 0.717) is 15.2 Å². The van der Waals surface area contributed by atoms with Gasteiger partial charge in [-0.2, -0.15) is 15.0 Å². The van der Waals surface area contributed by atoms with Gasteiger partial charge in [-0.3, -0.25) is 4.57 Å². The van der Waals surface area contributed by atoms with Gasteiger partial charge < -0.3 is 5.32 Å². The van der Waals surface area contributed by atoms with Gasteiger partial charge in [0.05, 0.1) is 5.69 Å². The predicted octanol–water partition coefficient (Wildman–Crippen LogP) is 3.20. The van der Waals surface area contributed by atoms with Crippen molar-refractivity contribution in [2.45, 2.75) is 0 Å². The highest BCUT2D eigenvalue weighted by atomic mass is 127. The minimum Gasteiger partial charge on any atom is -0.323 e. The van der Waals surface area contributed by atoms with Crippen molar-refractivity contribution < 1.29 is 4.39 Å². The van der Waals surface area contributed by atoms with E-state index in [9.17, 15) is 4.39 Å². The summed E-state index contributed by atoms with van der Waals surface area (Å²) in [4.78, 5) is 16.2. The van der Waals surface area contributed by atoms with Crippen molar-refractivity contribution in [3.8, 4) is 5.95 Å². The molecule has 0 saturated carbocycles. The maximum Gasteiger partial charge on any atom is 0.241 e. The van der Waals surface area contributed by atoms with Crippen LogP contribution >= 0.6 is 34.2 Å². The average molecular weight is 417 g/mol. The molecule has 0 bridgehead atoms. The molecule has 0 spiro atoms. The number of aromatic nitrogens is 5. The average Bonchev–Trinajstić information content (AvgIpc) is 2.95. The molecular weight excluding hydrogens is 410 g/mol. The highest BCUT2D eigenvalue weighted by molar-refractivity contribution is 14.1. The van der Waals surface area contributed by atoms with Crippen LogP contribution in [0.15, 0.2) is 36.9 Å². The van der Waals surface area contributed by atoms with Crippen molar-refractivity contribution in [1.29, 1.82) is 0 Å². The first-order valence-corrected chi connectivity index (χ1v) is 7.19. The quantitative estimate of drug-likeness (QED) is 0.664. The van der Waals surface area contributed by atoms with E-state index in [2.05, 4.69) is 25.3 Å². The third-order valence-corrected chi connectivity index (χ3v) is 3.57. The van der Waals surface area contributed by atoms with Gasteiger partial charge in [-0.25, -0.2) is 9.37 Å². The number of halogens is 3. The molecule has 106 valence electrons. The van der Waals surface area contributed by atoms with E-state index in [4.69, 9.17) is 11.6 Å². The van der Waals surface area contributed by atoms with Crippen molar-refractivity contribution in [3.05, 3.63) is 51.6 Å². The molecule has 2 heterocycles. The van der Waals surface area contributed by atoms with E-state index >= 15 is 0 Å². The van der Waals surface area contributed by atoms with Gasteiger partial charge in [0.2, 0.25) is 17.2 Å². The summed E-state index contributed by atoms with van der Waals surface area (Å²) in [7, 11) is 0. The first-order chi connectivity index (χ1) is 10.1. The first kappa shape index (κ1) is 14.1. The number of anilines is 2. The summed E-state index contributed by atoms with van der Waals surface area (Å²) in [5, 5.41) is 3.04. The van der Waals surface area contributed by atoms with Crippen LogP contribution in [0, 0.1) is 9.39 Å². The lowest BCUT2D eigenvalue weighted by Gasteiger charge is -2.08. The first-order valence-electron chi connectivity index (χ1n) is 5.74. The number of benzene rings is 1. The number of imidazole rings is 1. The summed E-state index contributed by atoms with van der Waals surface area (Å²) in [6.45, 7) is 0. The van der Waals surface area contributed by atoms with Crippen LogP contribution in [0.4, 0.5) is 16.0 Å².